The van der Waals surface area contributed by atoms with Crippen LogP contribution in [0.4, 0.5) is 22.0 Å². The average Bonchev–Trinajstić information content (AvgIpc) is 3.44. The van der Waals surface area contributed by atoms with E-state index in [4.69, 9.17) is 21.1 Å². The number of benzene rings is 2. The number of halogens is 1. The fourth-order valence-electron chi connectivity index (χ4n) is 5.24. The predicted octanol–water partition coefficient (Wildman–Crippen LogP) is 5.59. The monoisotopic (exact) mass is 635 g/mol. The number of hydrogen-bond donors (Lipinski definition) is 3. The van der Waals surface area contributed by atoms with Crippen LogP contribution in [-0.2, 0) is 4.74 Å². The summed E-state index contributed by atoms with van der Waals surface area (Å²) in [5.41, 5.74) is 1.12. The van der Waals surface area contributed by atoms with Crippen LogP contribution < -0.4 is 20.3 Å². The fraction of sp³-hybridized carbons (Fsp3) is 0.394. The molecule has 1 atom stereocenters. The Balaban J connectivity index is 1.33. The molecule has 0 aliphatic carbocycles. The molecule has 238 valence electrons. The quantitative estimate of drug-likeness (QED) is 0.306. The molecule has 3 N–H and O–H groups in total. The van der Waals surface area contributed by atoms with Crippen molar-refractivity contribution in [1.29, 1.82) is 0 Å². The maximum Gasteiger partial charge on any atom is 0.410 e. The van der Waals surface area contributed by atoms with Crippen molar-refractivity contribution in [2.45, 2.75) is 57.8 Å². The van der Waals surface area contributed by atoms with Crippen molar-refractivity contribution >= 4 is 46.7 Å². The number of amides is 3. The number of β-amino-alcohol motifs (C(OH)–C–C–N with tert-alkyl or cyclic N) is 1. The summed E-state index contributed by atoms with van der Waals surface area (Å²) in [6.07, 6.45) is 2.21. The number of pyridine rings is 1. The van der Waals surface area contributed by atoms with Gasteiger partial charge >= 0.3 is 6.09 Å². The van der Waals surface area contributed by atoms with Crippen LogP contribution in [0.1, 0.15) is 60.7 Å². The first kappa shape index (κ1) is 32.1. The molecule has 3 heterocycles. The van der Waals surface area contributed by atoms with Gasteiger partial charge in [-0.05, 0) is 63.6 Å². The third-order valence-electron chi connectivity index (χ3n) is 7.51. The largest absolute Gasteiger partial charge is 0.489 e. The topological polar surface area (TPSA) is 133 Å². The Morgan fingerprint density at radius 2 is 1.67 bits per heavy atom. The molecule has 11 nitrogen and oxygen atoms in total. The summed E-state index contributed by atoms with van der Waals surface area (Å²) in [7, 11) is 0. The molecule has 2 saturated heterocycles. The predicted molar refractivity (Wildman–Crippen MR) is 172 cm³/mol. The molecule has 0 saturated carbocycles. The van der Waals surface area contributed by atoms with E-state index < -0.39 is 23.5 Å². The fourth-order valence-corrected chi connectivity index (χ4v) is 5.36. The summed E-state index contributed by atoms with van der Waals surface area (Å²) >= 11 is 5.91. The van der Waals surface area contributed by atoms with Gasteiger partial charge in [0.15, 0.2) is 0 Å². The van der Waals surface area contributed by atoms with Crippen LogP contribution in [0.3, 0.4) is 0 Å². The molecule has 2 aliphatic heterocycles. The summed E-state index contributed by atoms with van der Waals surface area (Å²) in [5.74, 6) is -0.193. The van der Waals surface area contributed by atoms with E-state index >= 15 is 0 Å². The van der Waals surface area contributed by atoms with Gasteiger partial charge in [-0.3, -0.25) is 9.59 Å². The first-order valence-electron chi connectivity index (χ1n) is 15.0. The summed E-state index contributed by atoms with van der Waals surface area (Å²) in [6.45, 7) is 7.61. The number of piperidine rings is 1. The van der Waals surface area contributed by atoms with Gasteiger partial charge in [-0.2, -0.15) is 0 Å². The average molecular weight is 636 g/mol. The minimum Gasteiger partial charge on any atom is -0.489 e. The van der Waals surface area contributed by atoms with Gasteiger partial charge in [-0.25, -0.2) is 9.78 Å². The summed E-state index contributed by atoms with van der Waals surface area (Å²) in [4.78, 5) is 47.2. The van der Waals surface area contributed by atoms with E-state index in [-0.39, 0.29) is 17.8 Å². The number of carbonyl (C=O) groups is 3. The van der Waals surface area contributed by atoms with Gasteiger partial charge < -0.3 is 35.0 Å². The summed E-state index contributed by atoms with van der Waals surface area (Å²) in [5, 5.41) is 16.1. The van der Waals surface area contributed by atoms with Gasteiger partial charge in [0, 0.05) is 57.0 Å². The summed E-state index contributed by atoms with van der Waals surface area (Å²) < 4.78 is 12.0. The standard InChI is InChI=1S/C33H38ClN5O6/c1-33(2,3)45-32(43)38-16-13-24(14-17-38)44-28-18-22(39-15-12-23(40)20-39)9-10-26(28)31(42)36-27-7-5-4-6-25(27)30(41)37-29-11-8-21(34)19-35-29/h4-11,18-19,23-24,40H,12-17,20H2,1-3H3,(H,36,42)(H,35,37,41). The summed E-state index contributed by atoms with van der Waals surface area (Å²) in [6, 6.07) is 15.2. The number of ether oxygens (including phenoxy) is 2. The Morgan fingerprint density at radius 3 is 2.33 bits per heavy atom. The van der Waals surface area contributed by atoms with E-state index in [0.717, 1.165) is 5.69 Å². The molecule has 0 radical (unpaired) electrons. The van der Waals surface area contributed by atoms with Crippen molar-refractivity contribution in [1.82, 2.24) is 9.88 Å². The molecule has 0 bridgehead atoms. The van der Waals surface area contributed by atoms with Crippen molar-refractivity contribution in [3.8, 4) is 5.75 Å². The number of rotatable bonds is 7. The minimum atomic E-state index is -0.581. The molecular weight excluding hydrogens is 598 g/mol. The first-order chi connectivity index (χ1) is 21.4. The Bertz CT molecular complexity index is 1540. The highest BCUT2D eigenvalue weighted by Crippen LogP contribution is 2.32. The smallest absolute Gasteiger partial charge is 0.410 e. The van der Waals surface area contributed by atoms with Crippen LogP contribution in [-0.4, -0.2) is 76.9 Å². The Kier molecular flexibility index (Phi) is 9.79. The Labute approximate surface area is 267 Å². The van der Waals surface area contributed by atoms with E-state index in [9.17, 15) is 19.5 Å². The van der Waals surface area contributed by atoms with Gasteiger partial charge in [-0.15, -0.1) is 0 Å². The lowest BCUT2D eigenvalue weighted by Gasteiger charge is -2.34. The van der Waals surface area contributed by atoms with Gasteiger partial charge in [0.25, 0.3) is 11.8 Å². The Morgan fingerprint density at radius 1 is 0.933 bits per heavy atom. The maximum absolute atomic E-state index is 13.7. The van der Waals surface area contributed by atoms with Crippen LogP contribution in [0.2, 0.25) is 5.02 Å². The highest BCUT2D eigenvalue weighted by Gasteiger charge is 2.29. The number of aliphatic hydroxyl groups is 1. The SMILES string of the molecule is CC(C)(C)OC(=O)N1CCC(Oc2cc(N3CCC(O)C3)ccc2C(=O)Nc2ccccc2C(=O)Nc2ccc(Cl)cn2)CC1. The van der Waals surface area contributed by atoms with Crippen molar-refractivity contribution in [3.05, 3.63) is 76.9 Å². The van der Waals surface area contributed by atoms with E-state index in [2.05, 4.69) is 20.5 Å². The normalized spacial score (nSPS) is 17.1. The number of carbonyl (C=O) groups excluding carboxylic acids is 3. The number of para-hydroxylation sites is 1. The first-order valence-corrected chi connectivity index (χ1v) is 15.4. The lowest BCUT2D eigenvalue weighted by atomic mass is 10.1. The van der Waals surface area contributed by atoms with Crippen LogP contribution >= 0.6 is 11.6 Å². The second kappa shape index (κ2) is 13.7. The lowest BCUT2D eigenvalue weighted by Crippen LogP contribution is -2.44. The molecule has 2 fully saturated rings. The number of nitrogens with zero attached hydrogens (tertiary/aromatic N) is 3. The van der Waals surface area contributed by atoms with Gasteiger partial charge in [0.2, 0.25) is 0 Å². The zero-order valence-electron chi connectivity index (χ0n) is 25.6. The number of nitrogens with one attached hydrogen (secondary N) is 2. The molecular formula is C33H38ClN5O6. The molecule has 12 heteroatoms. The zero-order chi connectivity index (χ0) is 32.1. The molecule has 1 aromatic heterocycles. The lowest BCUT2D eigenvalue weighted by molar-refractivity contribution is 0.0126. The Hall–Kier alpha value is -4.35. The molecule has 2 aromatic carbocycles. The molecule has 3 aromatic rings. The molecule has 45 heavy (non-hydrogen) atoms. The zero-order valence-corrected chi connectivity index (χ0v) is 26.3. The van der Waals surface area contributed by atoms with Crippen molar-refractivity contribution < 1.29 is 29.0 Å². The molecule has 3 amide bonds. The van der Waals surface area contributed by atoms with Gasteiger partial charge in [-0.1, -0.05) is 23.7 Å². The number of aliphatic hydroxyl groups excluding tert-OH is 1. The number of likely N-dealkylation sites (tertiary alicyclic amines) is 1. The third kappa shape index (κ3) is 8.43. The number of hydrogen-bond acceptors (Lipinski definition) is 8. The third-order valence-corrected chi connectivity index (χ3v) is 7.74. The maximum atomic E-state index is 13.7. The van der Waals surface area contributed by atoms with Gasteiger partial charge in [0.05, 0.1) is 27.9 Å². The van der Waals surface area contributed by atoms with Crippen molar-refractivity contribution in [2.24, 2.45) is 0 Å². The second-order valence-corrected chi connectivity index (χ2v) is 12.6. The second-order valence-electron chi connectivity index (χ2n) is 12.2. The van der Waals surface area contributed by atoms with Gasteiger partial charge in [0.1, 0.15) is 23.3 Å². The highest BCUT2D eigenvalue weighted by atomic mass is 35.5. The van der Waals surface area contributed by atoms with Crippen LogP contribution in [0.25, 0.3) is 0 Å². The molecule has 5 rings (SSSR count). The molecule has 2 aliphatic rings. The van der Waals surface area contributed by atoms with Crippen LogP contribution in [0.15, 0.2) is 60.8 Å². The number of anilines is 3. The van der Waals surface area contributed by atoms with Crippen LogP contribution in [0, 0.1) is 0 Å². The highest BCUT2D eigenvalue weighted by molar-refractivity contribution is 6.30. The number of aromatic nitrogens is 1. The van der Waals surface area contributed by atoms with E-state index in [0.29, 0.717) is 73.3 Å². The molecule has 0 spiro atoms. The van der Waals surface area contributed by atoms with Crippen molar-refractivity contribution in [3.63, 3.8) is 0 Å². The van der Waals surface area contributed by atoms with Crippen LogP contribution in [0.5, 0.6) is 5.75 Å². The molecule has 1 unspecified atom stereocenters. The van der Waals surface area contributed by atoms with Crippen molar-refractivity contribution in [2.75, 3.05) is 41.7 Å². The minimum absolute atomic E-state index is 0.236. The van der Waals surface area contributed by atoms with E-state index in [1.165, 1.54) is 6.20 Å². The van der Waals surface area contributed by atoms with E-state index in [1.54, 1.807) is 47.4 Å². The van der Waals surface area contributed by atoms with E-state index in [1.807, 2.05) is 32.9 Å².